The van der Waals surface area contributed by atoms with Crippen molar-refractivity contribution in [3.63, 3.8) is 0 Å². The number of aromatic amines is 1. The van der Waals surface area contributed by atoms with E-state index in [2.05, 4.69) is 20.8 Å². The zero-order chi connectivity index (χ0) is 11.4. The van der Waals surface area contributed by atoms with E-state index in [1.807, 2.05) is 0 Å². The summed E-state index contributed by atoms with van der Waals surface area (Å²) in [5.74, 6) is 1.13. The highest BCUT2D eigenvalue weighted by Crippen LogP contribution is 2.19. The molecule has 0 bridgehead atoms. The maximum Gasteiger partial charge on any atom is 0.225 e. The van der Waals surface area contributed by atoms with E-state index in [4.69, 9.17) is 11.6 Å². The Morgan fingerprint density at radius 3 is 3.25 bits per heavy atom. The average Bonchev–Trinajstić information content (AvgIpc) is 2.70. The van der Waals surface area contributed by atoms with Gasteiger partial charge in [0, 0.05) is 43.1 Å². The average molecular weight is 243 g/mol. The standard InChI is InChI=1S/C10H15ClN4O/c11-4-1-2-9(16)13-10-7-6-12-5-3-8(7)14-15-10/h12H,1-6H2,(H2,13,14,15,16). The van der Waals surface area contributed by atoms with E-state index in [0.29, 0.717) is 24.5 Å². The second-order valence-electron chi connectivity index (χ2n) is 3.80. The maximum absolute atomic E-state index is 11.5. The molecule has 0 aliphatic carbocycles. The van der Waals surface area contributed by atoms with Crippen molar-refractivity contribution in [1.82, 2.24) is 15.5 Å². The van der Waals surface area contributed by atoms with Gasteiger partial charge in [0.15, 0.2) is 5.82 Å². The highest BCUT2D eigenvalue weighted by Gasteiger charge is 2.17. The maximum atomic E-state index is 11.5. The van der Waals surface area contributed by atoms with Crippen LogP contribution >= 0.6 is 11.6 Å². The summed E-state index contributed by atoms with van der Waals surface area (Å²) < 4.78 is 0. The lowest BCUT2D eigenvalue weighted by molar-refractivity contribution is -0.116. The molecule has 0 aromatic carbocycles. The molecule has 6 heteroatoms. The Kier molecular flexibility index (Phi) is 3.79. The van der Waals surface area contributed by atoms with Crippen LogP contribution in [0.3, 0.4) is 0 Å². The summed E-state index contributed by atoms with van der Waals surface area (Å²) in [4.78, 5) is 11.5. The van der Waals surface area contributed by atoms with Crippen molar-refractivity contribution in [1.29, 1.82) is 0 Å². The molecule has 1 aliphatic rings. The van der Waals surface area contributed by atoms with Gasteiger partial charge in [-0.15, -0.1) is 11.6 Å². The number of anilines is 1. The number of alkyl halides is 1. The molecule has 3 N–H and O–H groups in total. The number of nitrogens with zero attached hydrogens (tertiary/aromatic N) is 1. The SMILES string of the molecule is O=C(CCCCl)Nc1n[nH]c2c1CNCC2. The number of aromatic nitrogens is 2. The Hall–Kier alpha value is -1.07. The van der Waals surface area contributed by atoms with E-state index in [1.165, 1.54) is 0 Å². The van der Waals surface area contributed by atoms with E-state index >= 15 is 0 Å². The van der Waals surface area contributed by atoms with Crippen molar-refractivity contribution in [2.24, 2.45) is 0 Å². The summed E-state index contributed by atoms with van der Waals surface area (Å²) >= 11 is 5.53. The highest BCUT2D eigenvalue weighted by atomic mass is 35.5. The second-order valence-corrected chi connectivity index (χ2v) is 4.17. The fraction of sp³-hybridized carbons (Fsp3) is 0.600. The number of amides is 1. The van der Waals surface area contributed by atoms with Crippen LogP contribution in [0.15, 0.2) is 0 Å². The molecule has 1 amide bonds. The van der Waals surface area contributed by atoms with Crippen LogP contribution in [0.4, 0.5) is 5.82 Å². The molecule has 0 fully saturated rings. The van der Waals surface area contributed by atoms with E-state index < -0.39 is 0 Å². The van der Waals surface area contributed by atoms with Gasteiger partial charge in [0.25, 0.3) is 0 Å². The summed E-state index contributed by atoms with van der Waals surface area (Å²) in [6, 6.07) is 0. The molecule has 0 radical (unpaired) electrons. The molecule has 0 atom stereocenters. The first-order chi connectivity index (χ1) is 7.81. The van der Waals surface area contributed by atoms with Crippen LogP contribution < -0.4 is 10.6 Å². The van der Waals surface area contributed by atoms with Gasteiger partial charge in [-0.2, -0.15) is 5.10 Å². The van der Waals surface area contributed by atoms with Crippen molar-refractivity contribution in [3.8, 4) is 0 Å². The number of carbonyl (C=O) groups is 1. The third-order valence-corrected chi connectivity index (χ3v) is 2.87. The van der Waals surface area contributed by atoms with E-state index in [9.17, 15) is 4.79 Å². The van der Waals surface area contributed by atoms with Crippen LogP contribution in [-0.2, 0) is 17.8 Å². The van der Waals surface area contributed by atoms with Crippen LogP contribution in [-0.4, -0.2) is 28.5 Å². The largest absolute Gasteiger partial charge is 0.312 e. The van der Waals surface area contributed by atoms with Crippen molar-refractivity contribution in [2.75, 3.05) is 17.7 Å². The van der Waals surface area contributed by atoms with Gasteiger partial charge < -0.3 is 10.6 Å². The van der Waals surface area contributed by atoms with Gasteiger partial charge in [0.1, 0.15) is 0 Å². The fourth-order valence-corrected chi connectivity index (χ4v) is 1.88. The van der Waals surface area contributed by atoms with Gasteiger partial charge >= 0.3 is 0 Å². The smallest absolute Gasteiger partial charge is 0.225 e. The topological polar surface area (TPSA) is 69.8 Å². The predicted octanol–water partition coefficient (Wildman–Crippen LogP) is 1.01. The zero-order valence-corrected chi connectivity index (χ0v) is 9.73. The van der Waals surface area contributed by atoms with Gasteiger partial charge in [-0.1, -0.05) is 0 Å². The van der Waals surface area contributed by atoms with E-state index in [0.717, 1.165) is 30.8 Å². The summed E-state index contributed by atoms with van der Waals surface area (Å²) in [6.45, 7) is 1.71. The number of nitrogens with one attached hydrogen (secondary N) is 3. The molecule has 88 valence electrons. The van der Waals surface area contributed by atoms with Crippen LogP contribution in [0.5, 0.6) is 0 Å². The Labute approximate surface area is 98.9 Å². The normalized spacial score (nSPS) is 14.6. The minimum atomic E-state index is -0.0273. The number of hydrogen-bond donors (Lipinski definition) is 3. The van der Waals surface area contributed by atoms with Crippen LogP contribution in [0.1, 0.15) is 24.1 Å². The van der Waals surface area contributed by atoms with Crippen LogP contribution in [0.2, 0.25) is 0 Å². The molecule has 16 heavy (non-hydrogen) atoms. The Bertz CT molecular complexity index is 377. The number of rotatable bonds is 4. The molecule has 1 aromatic heterocycles. The molecule has 0 spiro atoms. The molecule has 2 rings (SSSR count). The number of carbonyl (C=O) groups excluding carboxylic acids is 1. The van der Waals surface area contributed by atoms with E-state index in [-0.39, 0.29) is 5.91 Å². The minimum Gasteiger partial charge on any atom is -0.312 e. The Balaban J connectivity index is 1.99. The number of H-pyrrole nitrogens is 1. The monoisotopic (exact) mass is 242 g/mol. The summed E-state index contributed by atoms with van der Waals surface area (Å²) in [5, 5.41) is 13.1. The second kappa shape index (κ2) is 5.32. The van der Waals surface area contributed by atoms with Gasteiger partial charge in [0.05, 0.1) is 0 Å². The van der Waals surface area contributed by atoms with Crippen LogP contribution in [0, 0.1) is 0 Å². The third kappa shape index (κ3) is 2.54. The number of halogens is 1. The quantitative estimate of drug-likeness (QED) is 0.691. The molecule has 0 saturated heterocycles. The van der Waals surface area contributed by atoms with Gasteiger partial charge in [-0.25, -0.2) is 0 Å². The summed E-state index contributed by atoms with van der Waals surface area (Å²) in [5.41, 5.74) is 2.19. The first kappa shape index (κ1) is 11.4. The van der Waals surface area contributed by atoms with Gasteiger partial charge in [-0.05, 0) is 6.42 Å². The molecular formula is C10H15ClN4O. The van der Waals surface area contributed by atoms with E-state index in [1.54, 1.807) is 0 Å². The number of fused-ring (bicyclic) bond motifs is 1. The lowest BCUT2D eigenvalue weighted by Gasteiger charge is -2.13. The lowest BCUT2D eigenvalue weighted by Crippen LogP contribution is -2.24. The highest BCUT2D eigenvalue weighted by molar-refractivity contribution is 6.18. The first-order valence-corrected chi connectivity index (χ1v) is 5.97. The fourth-order valence-electron chi connectivity index (χ4n) is 1.75. The molecule has 5 nitrogen and oxygen atoms in total. The minimum absolute atomic E-state index is 0.0273. The number of hydrogen-bond acceptors (Lipinski definition) is 3. The Morgan fingerprint density at radius 1 is 1.56 bits per heavy atom. The van der Waals surface area contributed by atoms with Crippen molar-refractivity contribution in [3.05, 3.63) is 11.3 Å². The summed E-state index contributed by atoms with van der Waals surface area (Å²) in [6.07, 6.45) is 2.07. The molecular weight excluding hydrogens is 228 g/mol. The Morgan fingerprint density at radius 2 is 2.44 bits per heavy atom. The van der Waals surface area contributed by atoms with Crippen molar-refractivity contribution in [2.45, 2.75) is 25.8 Å². The molecule has 0 unspecified atom stereocenters. The van der Waals surface area contributed by atoms with Crippen LogP contribution in [0.25, 0.3) is 0 Å². The predicted molar refractivity (Wildman–Crippen MR) is 62.6 cm³/mol. The first-order valence-electron chi connectivity index (χ1n) is 5.44. The molecule has 1 aromatic rings. The van der Waals surface area contributed by atoms with Gasteiger partial charge in [-0.3, -0.25) is 9.89 Å². The summed E-state index contributed by atoms with van der Waals surface area (Å²) in [7, 11) is 0. The van der Waals surface area contributed by atoms with Gasteiger partial charge in [0.2, 0.25) is 5.91 Å². The molecule has 0 saturated carbocycles. The van der Waals surface area contributed by atoms with Crippen molar-refractivity contribution < 1.29 is 4.79 Å². The molecule has 2 heterocycles. The molecule has 1 aliphatic heterocycles. The lowest BCUT2D eigenvalue weighted by atomic mass is 10.1. The third-order valence-electron chi connectivity index (χ3n) is 2.60. The zero-order valence-electron chi connectivity index (χ0n) is 8.98. The van der Waals surface area contributed by atoms with Crippen molar-refractivity contribution >= 4 is 23.3 Å².